The van der Waals surface area contributed by atoms with Crippen molar-refractivity contribution >= 4 is 11.4 Å². The molecule has 3 nitrogen and oxygen atoms in total. The largest absolute Gasteiger partial charge is 0.396 e. The Morgan fingerprint density at radius 1 is 1.26 bits per heavy atom. The summed E-state index contributed by atoms with van der Waals surface area (Å²) < 4.78 is 0. The summed E-state index contributed by atoms with van der Waals surface area (Å²) in [6.07, 6.45) is 4.95. The molecule has 0 radical (unpaired) electrons. The minimum atomic E-state index is 0.512. The summed E-state index contributed by atoms with van der Waals surface area (Å²) in [7, 11) is 0. The molecule has 19 heavy (non-hydrogen) atoms. The van der Waals surface area contributed by atoms with Gasteiger partial charge >= 0.3 is 0 Å². The number of nitriles is 1. The smallest absolute Gasteiger partial charge is 0.101 e. The van der Waals surface area contributed by atoms with Gasteiger partial charge in [0.2, 0.25) is 0 Å². The van der Waals surface area contributed by atoms with Gasteiger partial charge in [-0.15, -0.1) is 0 Å². The third-order valence-corrected chi connectivity index (χ3v) is 4.87. The van der Waals surface area contributed by atoms with Crippen molar-refractivity contribution < 1.29 is 0 Å². The van der Waals surface area contributed by atoms with Crippen molar-refractivity contribution in [3.63, 3.8) is 0 Å². The fraction of sp³-hybridized carbons (Fsp3) is 0.562. The first-order chi connectivity index (χ1) is 9.15. The fourth-order valence-corrected chi connectivity index (χ4v) is 3.11. The summed E-state index contributed by atoms with van der Waals surface area (Å²) >= 11 is 0. The Bertz CT molecular complexity index is 473. The molecule has 0 aromatic heterocycles. The number of hydrogen-bond acceptors (Lipinski definition) is 3. The second-order valence-electron chi connectivity index (χ2n) is 5.54. The highest BCUT2D eigenvalue weighted by atomic mass is 15.1. The van der Waals surface area contributed by atoms with Crippen LogP contribution in [0.1, 0.15) is 45.1 Å². The number of benzene rings is 1. The molecule has 1 fully saturated rings. The topological polar surface area (TPSA) is 53.0 Å². The number of nitrogens with two attached hydrogens (primary N) is 1. The second kappa shape index (κ2) is 5.52. The molecule has 0 bridgehead atoms. The van der Waals surface area contributed by atoms with Crippen LogP contribution in [0, 0.1) is 16.7 Å². The normalized spacial score (nSPS) is 18.1. The minimum Gasteiger partial charge on any atom is -0.396 e. The lowest BCUT2D eigenvalue weighted by Gasteiger charge is -2.42. The van der Waals surface area contributed by atoms with Crippen LogP contribution in [0.15, 0.2) is 18.2 Å². The molecule has 1 heterocycles. The van der Waals surface area contributed by atoms with Gasteiger partial charge in [0.25, 0.3) is 0 Å². The first-order valence-corrected chi connectivity index (χ1v) is 7.19. The number of nitrogen functional groups attached to an aromatic ring is 1. The van der Waals surface area contributed by atoms with Gasteiger partial charge in [-0.1, -0.05) is 32.8 Å². The van der Waals surface area contributed by atoms with Gasteiger partial charge in [-0.05, 0) is 30.4 Å². The van der Waals surface area contributed by atoms with E-state index < -0.39 is 0 Å². The molecule has 0 saturated carbocycles. The van der Waals surface area contributed by atoms with E-state index in [-0.39, 0.29) is 0 Å². The van der Waals surface area contributed by atoms with E-state index in [4.69, 9.17) is 11.0 Å². The fourth-order valence-electron chi connectivity index (χ4n) is 3.11. The quantitative estimate of drug-likeness (QED) is 0.842. The molecular weight excluding hydrogens is 234 g/mol. The molecule has 1 aromatic rings. The Labute approximate surface area is 116 Å². The average molecular weight is 257 g/mol. The standard InChI is InChI=1S/C16H23N3/c1-3-16(4-2)8-10-19(11-9-16)14-7-5-6-13(12-17)15(14)18/h5-7H,3-4,8-11,18H2,1-2H3. The van der Waals surface area contributed by atoms with Crippen molar-refractivity contribution in [3.05, 3.63) is 23.8 Å². The molecule has 1 saturated heterocycles. The van der Waals surface area contributed by atoms with Crippen LogP contribution in [0.3, 0.4) is 0 Å². The lowest BCUT2D eigenvalue weighted by Crippen LogP contribution is -2.40. The van der Waals surface area contributed by atoms with E-state index in [0.717, 1.165) is 18.8 Å². The van der Waals surface area contributed by atoms with Crippen molar-refractivity contribution in [3.8, 4) is 6.07 Å². The average Bonchev–Trinajstić information content (AvgIpc) is 2.48. The lowest BCUT2D eigenvalue weighted by molar-refractivity contribution is 0.199. The third kappa shape index (κ3) is 2.53. The number of para-hydroxylation sites is 1. The van der Waals surface area contributed by atoms with Gasteiger partial charge in [0.1, 0.15) is 6.07 Å². The number of piperidine rings is 1. The molecule has 1 aliphatic heterocycles. The molecule has 0 amide bonds. The Hall–Kier alpha value is -1.69. The summed E-state index contributed by atoms with van der Waals surface area (Å²) in [5, 5.41) is 9.05. The summed E-state index contributed by atoms with van der Waals surface area (Å²) in [6.45, 7) is 6.68. The highest BCUT2D eigenvalue weighted by Crippen LogP contribution is 2.40. The zero-order valence-electron chi connectivity index (χ0n) is 11.9. The van der Waals surface area contributed by atoms with Gasteiger partial charge in [0.05, 0.1) is 16.9 Å². The first-order valence-electron chi connectivity index (χ1n) is 7.19. The van der Waals surface area contributed by atoms with Gasteiger partial charge in [0, 0.05) is 13.1 Å². The maximum atomic E-state index is 9.05. The molecule has 1 aromatic carbocycles. The van der Waals surface area contributed by atoms with Crippen molar-refractivity contribution in [2.24, 2.45) is 5.41 Å². The Morgan fingerprint density at radius 3 is 2.42 bits per heavy atom. The molecule has 0 atom stereocenters. The predicted octanol–water partition coefficient (Wildman–Crippen LogP) is 3.55. The number of anilines is 2. The number of rotatable bonds is 3. The van der Waals surface area contributed by atoms with Crippen LogP contribution in [0.25, 0.3) is 0 Å². The molecule has 102 valence electrons. The van der Waals surface area contributed by atoms with Crippen LogP contribution in [-0.4, -0.2) is 13.1 Å². The van der Waals surface area contributed by atoms with Gasteiger partial charge in [-0.2, -0.15) is 5.26 Å². The summed E-state index contributed by atoms with van der Waals surface area (Å²) in [6, 6.07) is 7.90. The summed E-state index contributed by atoms with van der Waals surface area (Å²) in [4.78, 5) is 2.33. The third-order valence-electron chi connectivity index (χ3n) is 4.87. The summed E-state index contributed by atoms with van der Waals surface area (Å²) in [5.41, 5.74) is 8.85. The molecule has 0 unspecified atom stereocenters. The molecule has 3 heteroatoms. The molecule has 2 rings (SSSR count). The van der Waals surface area contributed by atoms with E-state index in [1.165, 1.54) is 25.7 Å². The predicted molar refractivity (Wildman–Crippen MR) is 80.0 cm³/mol. The zero-order valence-corrected chi connectivity index (χ0v) is 11.9. The van der Waals surface area contributed by atoms with Crippen LogP contribution >= 0.6 is 0 Å². The molecule has 2 N–H and O–H groups in total. The second-order valence-corrected chi connectivity index (χ2v) is 5.54. The van der Waals surface area contributed by atoms with E-state index in [9.17, 15) is 0 Å². The summed E-state index contributed by atoms with van der Waals surface area (Å²) in [5.74, 6) is 0. The van der Waals surface area contributed by atoms with Crippen molar-refractivity contribution in [1.29, 1.82) is 5.26 Å². The van der Waals surface area contributed by atoms with E-state index >= 15 is 0 Å². The van der Waals surface area contributed by atoms with Crippen LogP contribution in [0.4, 0.5) is 11.4 Å². The number of hydrogen-bond donors (Lipinski definition) is 1. The van der Waals surface area contributed by atoms with Crippen molar-refractivity contribution in [2.75, 3.05) is 23.7 Å². The maximum absolute atomic E-state index is 9.05. The van der Waals surface area contributed by atoms with Gasteiger partial charge < -0.3 is 10.6 Å². The Kier molecular flexibility index (Phi) is 3.99. The van der Waals surface area contributed by atoms with Crippen LogP contribution < -0.4 is 10.6 Å². The Balaban J connectivity index is 2.17. The van der Waals surface area contributed by atoms with Crippen LogP contribution in [0.2, 0.25) is 0 Å². The first kappa shape index (κ1) is 13.7. The van der Waals surface area contributed by atoms with Crippen LogP contribution in [-0.2, 0) is 0 Å². The maximum Gasteiger partial charge on any atom is 0.101 e. The minimum absolute atomic E-state index is 0.512. The molecular formula is C16H23N3. The number of nitrogens with zero attached hydrogens (tertiary/aromatic N) is 2. The molecule has 0 aliphatic carbocycles. The van der Waals surface area contributed by atoms with E-state index in [2.05, 4.69) is 24.8 Å². The molecule has 1 aliphatic rings. The van der Waals surface area contributed by atoms with Crippen molar-refractivity contribution in [1.82, 2.24) is 0 Å². The lowest BCUT2D eigenvalue weighted by atomic mass is 9.74. The van der Waals surface area contributed by atoms with Gasteiger partial charge in [0.15, 0.2) is 0 Å². The monoisotopic (exact) mass is 257 g/mol. The van der Waals surface area contributed by atoms with Gasteiger partial charge in [-0.3, -0.25) is 0 Å². The Morgan fingerprint density at radius 2 is 1.89 bits per heavy atom. The van der Waals surface area contributed by atoms with E-state index in [1.54, 1.807) is 6.07 Å². The van der Waals surface area contributed by atoms with E-state index in [0.29, 0.717) is 16.7 Å². The van der Waals surface area contributed by atoms with Crippen LogP contribution in [0.5, 0.6) is 0 Å². The van der Waals surface area contributed by atoms with Crippen molar-refractivity contribution in [2.45, 2.75) is 39.5 Å². The van der Waals surface area contributed by atoms with Gasteiger partial charge in [-0.25, -0.2) is 0 Å². The van der Waals surface area contributed by atoms with E-state index in [1.807, 2.05) is 12.1 Å². The highest BCUT2D eigenvalue weighted by molar-refractivity contribution is 5.74. The zero-order chi connectivity index (χ0) is 13.9. The molecule has 0 spiro atoms. The highest BCUT2D eigenvalue weighted by Gasteiger charge is 2.31. The SMILES string of the molecule is CCC1(CC)CCN(c2cccc(C#N)c2N)CC1.